The molecule has 1 heterocycles. The number of benzene rings is 1. The summed E-state index contributed by atoms with van der Waals surface area (Å²) >= 11 is 0. The van der Waals surface area contributed by atoms with E-state index in [9.17, 15) is 0 Å². The second-order valence-corrected chi connectivity index (χ2v) is 6.44. The molecule has 0 amide bonds. The van der Waals surface area contributed by atoms with Crippen LogP contribution in [0.5, 0.6) is 0 Å². The zero-order valence-electron chi connectivity index (χ0n) is 14.0. The van der Waals surface area contributed by atoms with Gasteiger partial charge >= 0.3 is 0 Å². The number of aliphatic imine (C=N–C) groups is 1. The average molecular weight is 303 g/mol. The Morgan fingerprint density at radius 2 is 2.05 bits per heavy atom. The van der Waals surface area contributed by atoms with E-state index in [2.05, 4.69) is 55.7 Å². The fourth-order valence-electron chi connectivity index (χ4n) is 2.27. The van der Waals surface area contributed by atoms with Gasteiger partial charge in [-0.15, -0.1) is 0 Å². The summed E-state index contributed by atoms with van der Waals surface area (Å²) < 4.78 is 5.44. The monoisotopic (exact) mass is 303 g/mol. The first-order chi connectivity index (χ1) is 10.6. The molecule has 1 aromatic rings. The van der Waals surface area contributed by atoms with E-state index in [1.807, 2.05) is 6.07 Å². The molecule has 1 fully saturated rings. The lowest BCUT2D eigenvalue weighted by Crippen LogP contribution is -2.45. The van der Waals surface area contributed by atoms with Gasteiger partial charge in [-0.3, -0.25) is 0 Å². The van der Waals surface area contributed by atoms with Crippen LogP contribution in [0, 0.1) is 11.8 Å². The minimum Gasteiger partial charge on any atom is -0.381 e. The molecule has 22 heavy (non-hydrogen) atoms. The van der Waals surface area contributed by atoms with E-state index >= 15 is 0 Å². The lowest BCUT2D eigenvalue weighted by molar-refractivity contribution is 0.186. The summed E-state index contributed by atoms with van der Waals surface area (Å²) in [6.45, 7) is 10.0. The zero-order chi connectivity index (χ0) is 15.8. The van der Waals surface area contributed by atoms with Crippen molar-refractivity contribution in [3.05, 3.63) is 35.9 Å². The molecule has 0 radical (unpaired) electrons. The molecule has 0 bridgehead atoms. The first kappa shape index (κ1) is 16.8. The molecule has 2 rings (SSSR count). The van der Waals surface area contributed by atoms with Crippen LogP contribution >= 0.6 is 0 Å². The van der Waals surface area contributed by atoms with Gasteiger partial charge in [0, 0.05) is 25.1 Å². The fraction of sp³-hybridized carbons (Fsp3) is 0.611. The molecule has 0 unspecified atom stereocenters. The number of guanidine groups is 1. The van der Waals surface area contributed by atoms with Gasteiger partial charge < -0.3 is 15.4 Å². The summed E-state index contributed by atoms with van der Waals surface area (Å²) in [4.78, 5) is 4.73. The van der Waals surface area contributed by atoms with Gasteiger partial charge in [0.15, 0.2) is 5.96 Å². The Bertz CT molecular complexity index is 453. The summed E-state index contributed by atoms with van der Waals surface area (Å²) in [5.41, 5.74) is 1.23. The van der Waals surface area contributed by atoms with Crippen LogP contribution in [0.15, 0.2) is 35.3 Å². The third-order valence-corrected chi connectivity index (χ3v) is 4.21. The van der Waals surface area contributed by atoms with Crippen molar-refractivity contribution in [1.82, 2.24) is 10.6 Å². The van der Waals surface area contributed by atoms with Gasteiger partial charge in [0.2, 0.25) is 0 Å². The van der Waals surface area contributed by atoms with Crippen molar-refractivity contribution in [2.75, 3.05) is 19.8 Å². The maximum absolute atomic E-state index is 5.44. The van der Waals surface area contributed by atoms with Crippen LogP contribution in [0.1, 0.15) is 32.8 Å². The van der Waals surface area contributed by atoms with Crippen molar-refractivity contribution >= 4 is 5.96 Å². The van der Waals surface area contributed by atoms with Crippen LogP contribution in [0.3, 0.4) is 0 Å². The number of hydrogen-bond donors (Lipinski definition) is 2. The van der Waals surface area contributed by atoms with Gasteiger partial charge in [-0.2, -0.15) is 0 Å². The molecule has 122 valence electrons. The van der Waals surface area contributed by atoms with Gasteiger partial charge in [0.1, 0.15) is 0 Å². The lowest BCUT2D eigenvalue weighted by atomic mass is 10.1. The highest BCUT2D eigenvalue weighted by Crippen LogP contribution is 2.10. The maximum atomic E-state index is 5.44. The van der Waals surface area contributed by atoms with Crippen molar-refractivity contribution in [1.29, 1.82) is 0 Å². The van der Waals surface area contributed by atoms with Gasteiger partial charge in [-0.25, -0.2) is 4.99 Å². The van der Waals surface area contributed by atoms with Crippen LogP contribution in [-0.4, -0.2) is 31.8 Å². The smallest absolute Gasteiger partial charge is 0.191 e. The number of nitrogens with one attached hydrogen (secondary N) is 2. The van der Waals surface area contributed by atoms with E-state index in [-0.39, 0.29) is 0 Å². The van der Waals surface area contributed by atoms with Crippen molar-refractivity contribution in [2.24, 2.45) is 16.8 Å². The molecular formula is C18H29N3O. The third kappa shape index (κ3) is 5.68. The average Bonchev–Trinajstić information content (AvgIpc) is 3.04. The molecule has 1 aliphatic heterocycles. The molecular weight excluding hydrogens is 274 g/mol. The van der Waals surface area contributed by atoms with Crippen LogP contribution in [0.2, 0.25) is 0 Å². The Labute approximate surface area is 134 Å². The SMILES string of the molecule is CC(C)[C@H](C)NC(=NCc1ccccc1)NC[C@@H]1CCOC1. The van der Waals surface area contributed by atoms with Crippen LogP contribution in [0.25, 0.3) is 0 Å². The van der Waals surface area contributed by atoms with Crippen LogP contribution in [0.4, 0.5) is 0 Å². The molecule has 1 aromatic carbocycles. The highest BCUT2D eigenvalue weighted by atomic mass is 16.5. The fourth-order valence-corrected chi connectivity index (χ4v) is 2.27. The Morgan fingerprint density at radius 3 is 2.68 bits per heavy atom. The van der Waals surface area contributed by atoms with E-state index in [0.717, 1.165) is 32.1 Å². The standard InChI is InChI=1S/C18H29N3O/c1-14(2)15(3)21-18(20-12-17-9-10-22-13-17)19-11-16-7-5-4-6-8-16/h4-8,14-15,17H,9-13H2,1-3H3,(H2,19,20,21)/t15-,17-/m0/s1. The van der Waals surface area contributed by atoms with Gasteiger partial charge in [0.05, 0.1) is 13.2 Å². The molecule has 0 aromatic heterocycles. The van der Waals surface area contributed by atoms with Crippen LogP contribution in [-0.2, 0) is 11.3 Å². The van der Waals surface area contributed by atoms with Gasteiger partial charge in [-0.1, -0.05) is 44.2 Å². The van der Waals surface area contributed by atoms with Crippen molar-refractivity contribution in [3.8, 4) is 0 Å². The van der Waals surface area contributed by atoms with E-state index < -0.39 is 0 Å². The predicted octanol–water partition coefficient (Wildman–Crippen LogP) is 2.80. The minimum absolute atomic E-state index is 0.391. The van der Waals surface area contributed by atoms with Crippen molar-refractivity contribution in [2.45, 2.75) is 39.8 Å². The van der Waals surface area contributed by atoms with E-state index in [1.54, 1.807) is 0 Å². The number of ether oxygens (including phenoxy) is 1. The summed E-state index contributed by atoms with van der Waals surface area (Å²) in [6.07, 6.45) is 1.14. The second-order valence-electron chi connectivity index (χ2n) is 6.44. The highest BCUT2D eigenvalue weighted by molar-refractivity contribution is 5.80. The molecule has 4 heteroatoms. The molecule has 0 aliphatic carbocycles. The van der Waals surface area contributed by atoms with E-state index in [0.29, 0.717) is 24.4 Å². The van der Waals surface area contributed by atoms with Gasteiger partial charge in [-0.05, 0) is 24.8 Å². The molecule has 2 N–H and O–H groups in total. The summed E-state index contributed by atoms with van der Waals surface area (Å²) in [5, 5.41) is 6.99. The number of rotatable bonds is 6. The predicted molar refractivity (Wildman–Crippen MR) is 91.9 cm³/mol. The van der Waals surface area contributed by atoms with E-state index in [1.165, 1.54) is 5.56 Å². The minimum atomic E-state index is 0.391. The third-order valence-electron chi connectivity index (χ3n) is 4.21. The summed E-state index contributed by atoms with van der Waals surface area (Å²) in [7, 11) is 0. The van der Waals surface area contributed by atoms with Crippen molar-refractivity contribution in [3.63, 3.8) is 0 Å². The zero-order valence-corrected chi connectivity index (χ0v) is 14.0. The maximum Gasteiger partial charge on any atom is 0.191 e. The quantitative estimate of drug-likeness (QED) is 0.627. The topological polar surface area (TPSA) is 45.7 Å². The van der Waals surface area contributed by atoms with E-state index in [4.69, 9.17) is 9.73 Å². The van der Waals surface area contributed by atoms with Crippen molar-refractivity contribution < 1.29 is 4.74 Å². The first-order valence-corrected chi connectivity index (χ1v) is 8.31. The van der Waals surface area contributed by atoms with Crippen LogP contribution < -0.4 is 10.6 Å². The largest absolute Gasteiger partial charge is 0.381 e. The first-order valence-electron chi connectivity index (χ1n) is 8.31. The Balaban J connectivity index is 1.93. The number of nitrogens with zero attached hydrogens (tertiary/aromatic N) is 1. The summed E-state index contributed by atoms with van der Waals surface area (Å²) in [6, 6.07) is 10.7. The Morgan fingerprint density at radius 1 is 1.27 bits per heavy atom. The normalized spacial score (nSPS) is 20.2. The molecule has 2 atom stereocenters. The molecule has 0 saturated carbocycles. The summed E-state index contributed by atoms with van der Waals surface area (Å²) in [5.74, 6) is 2.06. The molecule has 4 nitrogen and oxygen atoms in total. The lowest BCUT2D eigenvalue weighted by Gasteiger charge is -2.22. The molecule has 1 aliphatic rings. The second kappa shape index (κ2) is 8.79. The highest BCUT2D eigenvalue weighted by Gasteiger charge is 2.16. The van der Waals surface area contributed by atoms with Gasteiger partial charge in [0.25, 0.3) is 0 Å². The Hall–Kier alpha value is -1.55. The number of hydrogen-bond acceptors (Lipinski definition) is 2. The molecule has 1 saturated heterocycles. The Kier molecular flexibility index (Phi) is 6.72. The molecule has 0 spiro atoms.